The van der Waals surface area contributed by atoms with Gasteiger partial charge in [-0.05, 0) is 13.0 Å². The molecule has 7 heteroatoms. The highest BCUT2D eigenvalue weighted by Crippen LogP contribution is 2.20. The summed E-state index contributed by atoms with van der Waals surface area (Å²) < 4.78 is 37.1. The lowest BCUT2D eigenvalue weighted by molar-refractivity contribution is -0.135. The molecule has 0 bridgehead atoms. The fourth-order valence-corrected chi connectivity index (χ4v) is 1.37. The SMILES string of the molecule is OCCn1cc(CNCCCC(F)(F)F)cn1. The molecule has 1 aromatic rings. The summed E-state index contributed by atoms with van der Waals surface area (Å²) in [7, 11) is 0. The van der Waals surface area contributed by atoms with E-state index >= 15 is 0 Å². The first kappa shape index (κ1) is 14.0. The summed E-state index contributed by atoms with van der Waals surface area (Å²) in [5.74, 6) is 0. The number of nitrogens with zero attached hydrogens (tertiary/aromatic N) is 2. The van der Waals surface area contributed by atoms with Crippen molar-refractivity contribution in [3.05, 3.63) is 18.0 Å². The summed E-state index contributed by atoms with van der Waals surface area (Å²) in [5, 5.41) is 15.6. The zero-order chi connectivity index (χ0) is 12.7. The van der Waals surface area contributed by atoms with Gasteiger partial charge in [0, 0.05) is 24.7 Å². The van der Waals surface area contributed by atoms with E-state index in [0.717, 1.165) is 5.56 Å². The molecule has 17 heavy (non-hydrogen) atoms. The zero-order valence-electron chi connectivity index (χ0n) is 9.37. The van der Waals surface area contributed by atoms with Crippen molar-refractivity contribution in [3.63, 3.8) is 0 Å². The summed E-state index contributed by atoms with van der Waals surface area (Å²) in [6.45, 7) is 1.25. The highest BCUT2D eigenvalue weighted by atomic mass is 19.4. The van der Waals surface area contributed by atoms with Gasteiger partial charge in [0.05, 0.1) is 19.3 Å². The van der Waals surface area contributed by atoms with Gasteiger partial charge in [0.25, 0.3) is 0 Å². The number of hydrogen-bond donors (Lipinski definition) is 2. The molecular weight excluding hydrogens is 235 g/mol. The molecule has 1 rings (SSSR count). The largest absolute Gasteiger partial charge is 0.394 e. The summed E-state index contributed by atoms with van der Waals surface area (Å²) in [5.41, 5.74) is 0.894. The van der Waals surface area contributed by atoms with Crippen LogP contribution >= 0.6 is 0 Å². The minimum absolute atomic E-state index is 0.0140. The highest BCUT2D eigenvalue weighted by molar-refractivity contribution is 5.03. The lowest BCUT2D eigenvalue weighted by Crippen LogP contribution is -2.17. The summed E-state index contributed by atoms with van der Waals surface area (Å²) in [4.78, 5) is 0. The minimum Gasteiger partial charge on any atom is -0.394 e. The molecule has 98 valence electrons. The number of alkyl halides is 3. The lowest BCUT2D eigenvalue weighted by atomic mass is 10.3. The first-order valence-corrected chi connectivity index (χ1v) is 5.41. The van der Waals surface area contributed by atoms with E-state index in [-0.39, 0.29) is 13.0 Å². The van der Waals surface area contributed by atoms with Crippen LogP contribution in [0.1, 0.15) is 18.4 Å². The van der Waals surface area contributed by atoms with Crippen molar-refractivity contribution in [1.82, 2.24) is 15.1 Å². The van der Waals surface area contributed by atoms with E-state index < -0.39 is 12.6 Å². The van der Waals surface area contributed by atoms with E-state index in [4.69, 9.17) is 5.11 Å². The van der Waals surface area contributed by atoms with Crippen LogP contribution in [0.25, 0.3) is 0 Å². The van der Waals surface area contributed by atoms with Crippen molar-refractivity contribution in [2.45, 2.75) is 32.1 Å². The third-order valence-electron chi connectivity index (χ3n) is 2.16. The van der Waals surface area contributed by atoms with Crippen LogP contribution in [0.3, 0.4) is 0 Å². The predicted octanol–water partition coefficient (Wildman–Crippen LogP) is 1.31. The molecule has 0 unspecified atom stereocenters. The summed E-state index contributed by atoms with van der Waals surface area (Å²) in [6, 6.07) is 0. The van der Waals surface area contributed by atoms with Crippen LogP contribution < -0.4 is 5.32 Å². The van der Waals surface area contributed by atoms with E-state index in [0.29, 0.717) is 19.6 Å². The second kappa shape index (κ2) is 6.61. The smallest absolute Gasteiger partial charge is 0.389 e. The van der Waals surface area contributed by atoms with E-state index in [2.05, 4.69) is 10.4 Å². The Balaban J connectivity index is 2.13. The quantitative estimate of drug-likeness (QED) is 0.718. The van der Waals surface area contributed by atoms with Crippen molar-refractivity contribution >= 4 is 0 Å². The van der Waals surface area contributed by atoms with Crippen molar-refractivity contribution in [2.24, 2.45) is 0 Å². The van der Waals surface area contributed by atoms with E-state index in [1.165, 1.54) is 0 Å². The predicted molar refractivity (Wildman–Crippen MR) is 56.3 cm³/mol. The maximum Gasteiger partial charge on any atom is 0.389 e. The average molecular weight is 251 g/mol. The van der Waals surface area contributed by atoms with Gasteiger partial charge in [0.1, 0.15) is 0 Å². The second-order valence-electron chi connectivity index (χ2n) is 3.73. The van der Waals surface area contributed by atoms with Gasteiger partial charge in [-0.15, -0.1) is 0 Å². The van der Waals surface area contributed by atoms with Gasteiger partial charge in [0.2, 0.25) is 0 Å². The summed E-state index contributed by atoms with van der Waals surface area (Å²) >= 11 is 0. The van der Waals surface area contributed by atoms with Gasteiger partial charge in [-0.2, -0.15) is 18.3 Å². The van der Waals surface area contributed by atoms with Crippen molar-refractivity contribution in [1.29, 1.82) is 0 Å². The van der Waals surface area contributed by atoms with Crippen molar-refractivity contribution in [3.8, 4) is 0 Å². The molecule has 0 fully saturated rings. The van der Waals surface area contributed by atoms with Gasteiger partial charge in [-0.1, -0.05) is 0 Å². The molecule has 4 nitrogen and oxygen atoms in total. The topological polar surface area (TPSA) is 50.1 Å². The third kappa shape index (κ3) is 6.28. The molecule has 0 aliphatic heterocycles. The van der Waals surface area contributed by atoms with Gasteiger partial charge < -0.3 is 10.4 Å². The van der Waals surface area contributed by atoms with Crippen LogP contribution in [0.5, 0.6) is 0 Å². The van der Waals surface area contributed by atoms with Crippen LogP contribution in [-0.2, 0) is 13.1 Å². The van der Waals surface area contributed by atoms with E-state index in [1.54, 1.807) is 17.1 Å². The van der Waals surface area contributed by atoms with Crippen LogP contribution in [-0.4, -0.2) is 34.2 Å². The van der Waals surface area contributed by atoms with Crippen LogP contribution in [0, 0.1) is 0 Å². The molecule has 1 heterocycles. The molecule has 1 aromatic heterocycles. The molecular formula is C10H16F3N3O. The third-order valence-corrected chi connectivity index (χ3v) is 2.16. The fraction of sp³-hybridized carbons (Fsp3) is 0.700. The number of hydrogen-bond acceptors (Lipinski definition) is 3. The normalized spacial score (nSPS) is 12.0. The lowest BCUT2D eigenvalue weighted by Gasteiger charge is -2.06. The molecule has 0 atom stereocenters. The number of halogens is 3. The number of aliphatic hydroxyl groups is 1. The Labute approximate surface area is 97.4 Å². The molecule has 0 aliphatic carbocycles. The zero-order valence-corrected chi connectivity index (χ0v) is 9.37. The summed E-state index contributed by atoms with van der Waals surface area (Å²) in [6.07, 6.45) is -1.37. The van der Waals surface area contributed by atoms with Gasteiger partial charge in [0.15, 0.2) is 0 Å². The maximum absolute atomic E-state index is 11.8. The second-order valence-corrected chi connectivity index (χ2v) is 3.73. The van der Waals surface area contributed by atoms with E-state index in [9.17, 15) is 13.2 Å². The molecule has 0 saturated carbocycles. The molecule has 0 amide bonds. The Morgan fingerprint density at radius 3 is 2.82 bits per heavy atom. The monoisotopic (exact) mass is 251 g/mol. The molecule has 0 spiro atoms. The molecule has 0 radical (unpaired) electrons. The van der Waals surface area contributed by atoms with Crippen molar-refractivity contribution in [2.75, 3.05) is 13.2 Å². The van der Waals surface area contributed by atoms with Gasteiger partial charge in [-0.3, -0.25) is 4.68 Å². The Kier molecular flexibility index (Phi) is 5.43. The maximum atomic E-state index is 11.8. The Bertz CT molecular complexity index is 325. The number of rotatable bonds is 7. The number of nitrogens with one attached hydrogen (secondary N) is 1. The fourth-order valence-electron chi connectivity index (χ4n) is 1.37. The molecule has 0 aliphatic rings. The van der Waals surface area contributed by atoms with Crippen LogP contribution in [0.2, 0.25) is 0 Å². The van der Waals surface area contributed by atoms with Crippen LogP contribution in [0.4, 0.5) is 13.2 Å². The Morgan fingerprint density at radius 1 is 1.41 bits per heavy atom. The standard InChI is InChI=1S/C10H16F3N3O/c11-10(12,13)2-1-3-14-6-9-7-15-16(8-9)4-5-17/h7-8,14,17H,1-6H2. The molecule has 0 saturated heterocycles. The van der Waals surface area contributed by atoms with Gasteiger partial charge in [-0.25, -0.2) is 0 Å². The number of aliphatic hydroxyl groups excluding tert-OH is 1. The first-order valence-electron chi connectivity index (χ1n) is 5.41. The number of aromatic nitrogens is 2. The Hall–Kier alpha value is -1.08. The van der Waals surface area contributed by atoms with Crippen molar-refractivity contribution < 1.29 is 18.3 Å². The van der Waals surface area contributed by atoms with Crippen LogP contribution in [0.15, 0.2) is 12.4 Å². The minimum atomic E-state index is -4.08. The highest BCUT2D eigenvalue weighted by Gasteiger charge is 2.25. The van der Waals surface area contributed by atoms with E-state index in [1.807, 2.05) is 0 Å². The average Bonchev–Trinajstić information content (AvgIpc) is 2.64. The molecule has 2 N–H and O–H groups in total. The Morgan fingerprint density at radius 2 is 2.18 bits per heavy atom. The van der Waals surface area contributed by atoms with Gasteiger partial charge >= 0.3 is 6.18 Å². The first-order chi connectivity index (χ1) is 8.01. The molecule has 0 aromatic carbocycles.